The quantitative estimate of drug-likeness (QED) is 0.884. The summed E-state index contributed by atoms with van der Waals surface area (Å²) in [6.45, 7) is 0.781. The van der Waals surface area contributed by atoms with E-state index in [0.717, 1.165) is 37.9 Å². The van der Waals surface area contributed by atoms with E-state index in [9.17, 15) is 13.6 Å². The van der Waals surface area contributed by atoms with Crippen LogP contribution in [0.5, 0.6) is 5.75 Å². The second kappa shape index (κ2) is 5.97. The summed E-state index contributed by atoms with van der Waals surface area (Å²) in [5.74, 6) is -2.40. The predicted octanol–water partition coefficient (Wildman–Crippen LogP) is 2.05. The highest BCUT2D eigenvalue weighted by Gasteiger charge is 2.21. The molecular formula is C13H16F2N2O2. The molecule has 2 N–H and O–H groups in total. The number of hydrogen-bond donors (Lipinski definition) is 2. The number of ether oxygens (including phenoxy) is 1. The van der Waals surface area contributed by atoms with Gasteiger partial charge in [-0.05, 0) is 19.4 Å². The predicted molar refractivity (Wildman–Crippen MR) is 67.2 cm³/mol. The lowest BCUT2D eigenvalue weighted by Gasteiger charge is -2.22. The maximum absolute atomic E-state index is 13.5. The number of benzene rings is 1. The minimum Gasteiger partial charge on any atom is -0.491 e. The van der Waals surface area contributed by atoms with Gasteiger partial charge >= 0.3 is 0 Å². The van der Waals surface area contributed by atoms with E-state index >= 15 is 0 Å². The van der Waals surface area contributed by atoms with Crippen molar-refractivity contribution in [2.24, 2.45) is 0 Å². The van der Waals surface area contributed by atoms with E-state index in [0.29, 0.717) is 0 Å². The molecule has 0 spiro atoms. The molecule has 1 amide bonds. The molecule has 6 heteroatoms. The fraction of sp³-hybridized carbons (Fsp3) is 0.462. The first-order valence-electron chi connectivity index (χ1n) is 6.19. The SMILES string of the molecule is COc1c(F)cc(NC(=O)C2CCCCN2)cc1F. The number of nitrogens with one attached hydrogen (secondary N) is 2. The molecule has 0 aliphatic carbocycles. The van der Waals surface area contributed by atoms with Crippen LogP contribution in [0, 0.1) is 11.6 Å². The summed E-state index contributed by atoms with van der Waals surface area (Å²) in [5.41, 5.74) is 0.0909. The third kappa shape index (κ3) is 3.20. The number of carbonyl (C=O) groups is 1. The maximum atomic E-state index is 13.5. The van der Waals surface area contributed by atoms with E-state index < -0.39 is 17.4 Å². The summed E-state index contributed by atoms with van der Waals surface area (Å²) < 4.78 is 31.5. The molecule has 1 saturated heterocycles. The molecule has 1 heterocycles. The third-order valence-corrected chi connectivity index (χ3v) is 3.10. The van der Waals surface area contributed by atoms with Crippen molar-refractivity contribution >= 4 is 11.6 Å². The Morgan fingerprint density at radius 3 is 2.58 bits per heavy atom. The highest BCUT2D eigenvalue weighted by molar-refractivity contribution is 5.94. The van der Waals surface area contributed by atoms with Crippen molar-refractivity contribution in [1.82, 2.24) is 5.32 Å². The molecule has 0 bridgehead atoms. The molecule has 1 aromatic rings. The number of anilines is 1. The van der Waals surface area contributed by atoms with E-state index in [1.54, 1.807) is 0 Å². The minimum atomic E-state index is -0.839. The van der Waals surface area contributed by atoms with E-state index in [4.69, 9.17) is 0 Å². The van der Waals surface area contributed by atoms with Gasteiger partial charge in [0.1, 0.15) is 0 Å². The first-order chi connectivity index (χ1) is 9.11. The van der Waals surface area contributed by atoms with E-state index in [2.05, 4.69) is 15.4 Å². The summed E-state index contributed by atoms with van der Waals surface area (Å²) in [6.07, 6.45) is 2.74. The topological polar surface area (TPSA) is 50.4 Å². The normalized spacial score (nSPS) is 19.0. The second-order valence-electron chi connectivity index (χ2n) is 4.46. The molecule has 19 heavy (non-hydrogen) atoms. The van der Waals surface area contributed by atoms with Crippen molar-refractivity contribution in [1.29, 1.82) is 0 Å². The zero-order valence-electron chi connectivity index (χ0n) is 10.6. The van der Waals surface area contributed by atoms with Crippen molar-refractivity contribution in [3.05, 3.63) is 23.8 Å². The fourth-order valence-electron chi connectivity index (χ4n) is 2.13. The van der Waals surface area contributed by atoms with Crippen molar-refractivity contribution in [2.45, 2.75) is 25.3 Å². The average Bonchev–Trinajstić information content (AvgIpc) is 2.39. The van der Waals surface area contributed by atoms with E-state index in [1.165, 1.54) is 7.11 Å². The Bertz CT molecular complexity index is 451. The van der Waals surface area contributed by atoms with Crippen LogP contribution >= 0.6 is 0 Å². The molecule has 1 unspecified atom stereocenters. The lowest BCUT2D eigenvalue weighted by Crippen LogP contribution is -2.43. The van der Waals surface area contributed by atoms with Gasteiger partial charge in [-0.1, -0.05) is 6.42 Å². The van der Waals surface area contributed by atoms with Gasteiger partial charge in [-0.15, -0.1) is 0 Å². The summed E-state index contributed by atoms with van der Waals surface area (Å²) in [5, 5.41) is 5.57. The van der Waals surface area contributed by atoms with Crippen LogP contribution in [0.4, 0.5) is 14.5 Å². The molecule has 2 rings (SSSR count). The number of rotatable bonds is 3. The second-order valence-corrected chi connectivity index (χ2v) is 4.46. The average molecular weight is 270 g/mol. The van der Waals surface area contributed by atoms with Crippen LogP contribution in [-0.4, -0.2) is 25.6 Å². The molecule has 0 aromatic heterocycles. The Morgan fingerprint density at radius 1 is 1.37 bits per heavy atom. The molecule has 1 atom stereocenters. The van der Waals surface area contributed by atoms with Crippen LogP contribution in [0.25, 0.3) is 0 Å². The van der Waals surface area contributed by atoms with Crippen LogP contribution in [0.15, 0.2) is 12.1 Å². The number of carbonyl (C=O) groups excluding carboxylic acids is 1. The smallest absolute Gasteiger partial charge is 0.241 e. The highest BCUT2D eigenvalue weighted by Crippen LogP contribution is 2.25. The molecule has 0 saturated carbocycles. The summed E-state index contributed by atoms with van der Waals surface area (Å²) in [6, 6.07) is 1.78. The first kappa shape index (κ1) is 13.7. The Morgan fingerprint density at radius 2 is 2.05 bits per heavy atom. The van der Waals surface area contributed by atoms with Gasteiger partial charge in [-0.25, -0.2) is 8.78 Å². The van der Waals surface area contributed by atoms with Gasteiger partial charge in [0.25, 0.3) is 0 Å². The third-order valence-electron chi connectivity index (χ3n) is 3.10. The van der Waals surface area contributed by atoms with Crippen molar-refractivity contribution in [3.63, 3.8) is 0 Å². The van der Waals surface area contributed by atoms with Crippen LogP contribution < -0.4 is 15.4 Å². The first-order valence-corrected chi connectivity index (χ1v) is 6.19. The molecule has 1 fully saturated rings. The standard InChI is InChI=1S/C13H16F2N2O2/c1-19-12-9(14)6-8(7-10(12)15)17-13(18)11-4-2-3-5-16-11/h6-7,11,16H,2-5H2,1H3,(H,17,18). The van der Waals surface area contributed by atoms with Gasteiger partial charge in [0.05, 0.1) is 13.2 Å². The molecule has 4 nitrogen and oxygen atoms in total. The van der Waals surface area contributed by atoms with Crippen molar-refractivity contribution < 1.29 is 18.3 Å². The summed E-state index contributed by atoms with van der Waals surface area (Å²) >= 11 is 0. The largest absolute Gasteiger partial charge is 0.491 e. The number of piperidine rings is 1. The number of halogens is 2. The lowest BCUT2D eigenvalue weighted by atomic mass is 10.0. The van der Waals surface area contributed by atoms with Gasteiger partial charge in [0.2, 0.25) is 5.91 Å². The van der Waals surface area contributed by atoms with Crippen molar-refractivity contribution in [2.75, 3.05) is 19.0 Å². The molecule has 1 aliphatic rings. The zero-order valence-corrected chi connectivity index (χ0v) is 10.6. The highest BCUT2D eigenvalue weighted by atomic mass is 19.1. The summed E-state index contributed by atoms with van der Waals surface area (Å²) in [7, 11) is 1.19. The molecular weight excluding hydrogens is 254 g/mol. The monoisotopic (exact) mass is 270 g/mol. The molecule has 1 aromatic carbocycles. The van der Waals surface area contributed by atoms with Gasteiger partial charge in [0, 0.05) is 17.8 Å². The maximum Gasteiger partial charge on any atom is 0.241 e. The van der Waals surface area contributed by atoms with E-state index in [-0.39, 0.29) is 17.6 Å². The lowest BCUT2D eigenvalue weighted by molar-refractivity contribution is -0.118. The molecule has 104 valence electrons. The minimum absolute atomic E-state index is 0.0909. The van der Waals surface area contributed by atoms with Crippen LogP contribution in [0.2, 0.25) is 0 Å². The number of amides is 1. The van der Waals surface area contributed by atoms with Crippen LogP contribution in [0.1, 0.15) is 19.3 Å². The van der Waals surface area contributed by atoms with Crippen LogP contribution in [0.3, 0.4) is 0 Å². The Hall–Kier alpha value is -1.69. The zero-order chi connectivity index (χ0) is 13.8. The Labute approximate surface area is 110 Å². The Kier molecular flexibility index (Phi) is 4.31. The van der Waals surface area contributed by atoms with E-state index in [1.807, 2.05) is 0 Å². The number of hydrogen-bond acceptors (Lipinski definition) is 3. The van der Waals surface area contributed by atoms with Crippen LogP contribution in [-0.2, 0) is 4.79 Å². The number of methoxy groups -OCH3 is 1. The van der Waals surface area contributed by atoms with Gasteiger partial charge in [-0.3, -0.25) is 4.79 Å². The molecule has 0 radical (unpaired) electrons. The fourth-order valence-corrected chi connectivity index (χ4v) is 2.13. The summed E-state index contributed by atoms with van der Waals surface area (Å²) in [4.78, 5) is 11.9. The Balaban J connectivity index is 2.08. The van der Waals surface area contributed by atoms with Crippen molar-refractivity contribution in [3.8, 4) is 5.75 Å². The van der Waals surface area contributed by atoms with Gasteiger partial charge in [-0.2, -0.15) is 0 Å². The van der Waals surface area contributed by atoms with Gasteiger partial charge in [0.15, 0.2) is 17.4 Å². The molecule has 1 aliphatic heterocycles. The van der Waals surface area contributed by atoms with Gasteiger partial charge < -0.3 is 15.4 Å².